The fraction of sp³-hybridized carbons (Fsp3) is 0.529. The van der Waals surface area contributed by atoms with Gasteiger partial charge in [-0.05, 0) is 32.9 Å². The molecule has 0 aromatic heterocycles. The molecule has 1 aromatic rings. The molecule has 0 fully saturated rings. The van der Waals surface area contributed by atoms with Gasteiger partial charge in [0.15, 0.2) is 0 Å². The van der Waals surface area contributed by atoms with Gasteiger partial charge in [0.05, 0.1) is 12.5 Å². The number of methoxy groups -OCH3 is 1. The minimum absolute atomic E-state index is 0.0802. The summed E-state index contributed by atoms with van der Waals surface area (Å²) in [5.41, 5.74) is 0.809. The summed E-state index contributed by atoms with van der Waals surface area (Å²) in [5, 5.41) is 11.8. The first-order chi connectivity index (χ1) is 10.7. The predicted molar refractivity (Wildman–Crippen MR) is 84.7 cm³/mol. The van der Waals surface area contributed by atoms with E-state index in [4.69, 9.17) is 14.6 Å². The summed E-state index contributed by atoms with van der Waals surface area (Å²) in [5.74, 6) is 0.201. The number of carboxylic acid groups (broad SMARTS) is 1. The summed E-state index contributed by atoms with van der Waals surface area (Å²) in [6.07, 6.45) is 0.893. The monoisotopic (exact) mass is 321 g/mol. The van der Waals surface area contributed by atoms with Crippen molar-refractivity contribution >= 4 is 11.9 Å². The van der Waals surface area contributed by atoms with Gasteiger partial charge in [-0.25, -0.2) is 0 Å². The molecule has 0 saturated carbocycles. The van der Waals surface area contributed by atoms with E-state index in [1.165, 1.54) is 13.8 Å². The van der Waals surface area contributed by atoms with Gasteiger partial charge in [0, 0.05) is 30.5 Å². The van der Waals surface area contributed by atoms with Crippen LogP contribution >= 0.6 is 0 Å². The molecule has 6 heteroatoms. The number of carboxylic acids is 1. The molecule has 1 heterocycles. The zero-order valence-electron chi connectivity index (χ0n) is 13.9. The van der Waals surface area contributed by atoms with Crippen LogP contribution in [0.2, 0.25) is 0 Å². The topological polar surface area (TPSA) is 84.9 Å². The molecule has 6 nitrogen and oxygen atoms in total. The Morgan fingerprint density at radius 2 is 2.13 bits per heavy atom. The Hall–Kier alpha value is -2.24. The molecule has 126 valence electrons. The summed E-state index contributed by atoms with van der Waals surface area (Å²) in [4.78, 5) is 23.0. The number of hydrogen-bond donors (Lipinski definition) is 2. The normalized spacial score (nSPS) is 16.4. The van der Waals surface area contributed by atoms with Crippen molar-refractivity contribution in [3.63, 3.8) is 0 Å². The Morgan fingerprint density at radius 3 is 2.74 bits per heavy atom. The Balaban J connectivity index is 2.05. The Bertz CT molecular complexity index is 624. The van der Waals surface area contributed by atoms with E-state index in [0.717, 1.165) is 23.3 Å². The first-order valence-electron chi connectivity index (χ1n) is 7.59. The molecular weight excluding hydrogens is 298 g/mol. The zero-order valence-corrected chi connectivity index (χ0v) is 13.9. The fourth-order valence-corrected chi connectivity index (χ4v) is 2.54. The van der Waals surface area contributed by atoms with E-state index in [9.17, 15) is 9.59 Å². The van der Waals surface area contributed by atoms with Gasteiger partial charge in [0.2, 0.25) is 5.91 Å². The smallest absolute Gasteiger partial charge is 0.309 e. The number of ether oxygens (including phenoxy) is 2. The lowest BCUT2D eigenvalue weighted by Gasteiger charge is -2.18. The van der Waals surface area contributed by atoms with Crippen molar-refractivity contribution in [2.45, 2.75) is 46.3 Å². The summed E-state index contributed by atoms with van der Waals surface area (Å²) >= 11 is 0. The molecule has 1 aliphatic heterocycles. The van der Waals surface area contributed by atoms with Crippen LogP contribution in [0.5, 0.6) is 11.5 Å². The van der Waals surface area contributed by atoms with Crippen molar-refractivity contribution in [2.75, 3.05) is 7.11 Å². The minimum atomic E-state index is -1.09. The minimum Gasteiger partial charge on any atom is -0.496 e. The third-order valence-electron chi connectivity index (χ3n) is 3.96. The zero-order chi connectivity index (χ0) is 17.2. The van der Waals surface area contributed by atoms with E-state index >= 15 is 0 Å². The molecule has 1 aromatic carbocycles. The molecule has 1 unspecified atom stereocenters. The Labute approximate surface area is 135 Å². The lowest BCUT2D eigenvalue weighted by Crippen LogP contribution is -2.33. The summed E-state index contributed by atoms with van der Waals surface area (Å²) in [6.45, 7) is 5.32. The Kier molecular flexibility index (Phi) is 4.82. The van der Waals surface area contributed by atoms with Crippen LogP contribution in [0.1, 0.15) is 38.3 Å². The number of hydrogen-bond acceptors (Lipinski definition) is 4. The number of benzene rings is 1. The highest BCUT2D eigenvalue weighted by Crippen LogP contribution is 2.35. The van der Waals surface area contributed by atoms with Crippen LogP contribution in [0, 0.1) is 5.41 Å². The van der Waals surface area contributed by atoms with Crippen LogP contribution in [0.4, 0.5) is 0 Å². The third-order valence-corrected chi connectivity index (χ3v) is 3.96. The maximum atomic E-state index is 12.0. The molecule has 0 saturated heterocycles. The van der Waals surface area contributed by atoms with Crippen molar-refractivity contribution in [1.82, 2.24) is 5.32 Å². The van der Waals surface area contributed by atoms with E-state index in [1.54, 1.807) is 7.11 Å². The van der Waals surface area contributed by atoms with Crippen LogP contribution in [0.15, 0.2) is 12.1 Å². The number of amides is 1. The van der Waals surface area contributed by atoms with Gasteiger partial charge >= 0.3 is 5.97 Å². The molecule has 1 aliphatic rings. The van der Waals surface area contributed by atoms with E-state index in [0.29, 0.717) is 5.75 Å². The van der Waals surface area contributed by atoms with Gasteiger partial charge in [-0.1, -0.05) is 0 Å². The molecular formula is C17H23NO5. The van der Waals surface area contributed by atoms with Crippen LogP contribution in [0.25, 0.3) is 0 Å². The van der Waals surface area contributed by atoms with Crippen LogP contribution in [-0.2, 0) is 22.6 Å². The molecule has 2 rings (SSSR count). The number of rotatable bonds is 6. The van der Waals surface area contributed by atoms with E-state index in [2.05, 4.69) is 5.32 Å². The largest absolute Gasteiger partial charge is 0.496 e. The molecule has 1 atom stereocenters. The van der Waals surface area contributed by atoms with Gasteiger partial charge in [-0.15, -0.1) is 0 Å². The molecule has 0 bridgehead atoms. The molecule has 0 spiro atoms. The molecule has 23 heavy (non-hydrogen) atoms. The van der Waals surface area contributed by atoms with E-state index < -0.39 is 11.4 Å². The lowest BCUT2D eigenvalue weighted by molar-refractivity contribution is -0.149. The quantitative estimate of drug-likeness (QED) is 0.838. The van der Waals surface area contributed by atoms with Crippen molar-refractivity contribution in [2.24, 2.45) is 5.41 Å². The first kappa shape index (κ1) is 17.1. The highest BCUT2D eigenvalue weighted by atomic mass is 16.5. The summed E-state index contributed by atoms with van der Waals surface area (Å²) in [6, 6.07) is 3.81. The second-order valence-electron chi connectivity index (χ2n) is 6.55. The van der Waals surface area contributed by atoms with Gasteiger partial charge in [-0.2, -0.15) is 0 Å². The van der Waals surface area contributed by atoms with E-state index in [1.807, 2.05) is 19.1 Å². The fourth-order valence-electron chi connectivity index (χ4n) is 2.54. The average molecular weight is 321 g/mol. The Morgan fingerprint density at radius 1 is 1.43 bits per heavy atom. The highest BCUT2D eigenvalue weighted by molar-refractivity contribution is 5.84. The van der Waals surface area contributed by atoms with Crippen molar-refractivity contribution in [3.8, 4) is 11.5 Å². The maximum absolute atomic E-state index is 12.0. The van der Waals surface area contributed by atoms with Crippen molar-refractivity contribution in [3.05, 3.63) is 23.3 Å². The second-order valence-corrected chi connectivity index (χ2v) is 6.55. The number of aliphatic carboxylic acids is 1. The van der Waals surface area contributed by atoms with Crippen LogP contribution < -0.4 is 14.8 Å². The number of carbonyl (C=O) groups is 2. The SMILES string of the molecule is COc1cc2c(cc1CNC(=O)CC(C)(C)C(=O)O)OC(C)C2. The highest BCUT2D eigenvalue weighted by Gasteiger charge is 2.30. The van der Waals surface area contributed by atoms with Crippen LogP contribution in [-0.4, -0.2) is 30.2 Å². The molecule has 0 radical (unpaired) electrons. The van der Waals surface area contributed by atoms with E-state index in [-0.39, 0.29) is 25.0 Å². The van der Waals surface area contributed by atoms with Crippen molar-refractivity contribution in [1.29, 1.82) is 0 Å². The van der Waals surface area contributed by atoms with Gasteiger partial charge < -0.3 is 19.9 Å². The van der Waals surface area contributed by atoms with Gasteiger partial charge in [0.25, 0.3) is 0 Å². The first-order valence-corrected chi connectivity index (χ1v) is 7.59. The lowest BCUT2D eigenvalue weighted by atomic mass is 9.89. The summed E-state index contributed by atoms with van der Waals surface area (Å²) in [7, 11) is 1.58. The molecule has 1 amide bonds. The standard InChI is InChI=1S/C17H23NO5/c1-10-5-11-6-13(22-4)12(7-14(11)23-10)9-18-15(19)8-17(2,3)16(20)21/h6-7,10H,5,8-9H2,1-4H3,(H,18,19)(H,20,21). The van der Waals surface area contributed by atoms with Gasteiger partial charge in [-0.3, -0.25) is 9.59 Å². The maximum Gasteiger partial charge on any atom is 0.309 e. The third kappa shape index (κ3) is 3.94. The predicted octanol–water partition coefficient (Wildman–Crippen LogP) is 2.14. The molecule has 2 N–H and O–H groups in total. The number of carbonyl (C=O) groups excluding carboxylic acids is 1. The van der Waals surface area contributed by atoms with Crippen LogP contribution in [0.3, 0.4) is 0 Å². The number of nitrogens with one attached hydrogen (secondary N) is 1. The average Bonchev–Trinajstić information content (AvgIpc) is 2.82. The number of fused-ring (bicyclic) bond motifs is 1. The molecule has 0 aliphatic carbocycles. The summed E-state index contributed by atoms with van der Waals surface area (Å²) < 4.78 is 11.1. The van der Waals surface area contributed by atoms with Gasteiger partial charge in [0.1, 0.15) is 17.6 Å². The van der Waals surface area contributed by atoms with Crippen molar-refractivity contribution < 1.29 is 24.2 Å². The second kappa shape index (κ2) is 6.48.